The second-order valence-corrected chi connectivity index (χ2v) is 8.89. The lowest BCUT2D eigenvalue weighted by molar-refractivity contribution is -0.122. The van der Waals surface area contributed by atoms with Crippen molar-refractivity contribution in [2.75, 3.05) is 17.3 Å². The van der Waals surface area contributed by atoms with Crippen LogP contribution in [0.3, 0.4) is 0 Å². The minimum absolute atomic E-state index is 0.0948. The first-order valence-corrected chi connectivity index (χ1v) is 10.9. The van der Waals surface area contributed by atoms with Gasteiger partial charge in [0.25, 0.3) is 0 Å². The van der Waals surface area contributed by atoms with Gasteiger partial charge in [-0.2, -0.15) is 0 Å². The Hall–Kier alpha value is -3.04. The van der Waals surface area contributed by atoms with Gasteiger partial charge in [0.1, 0.15) is 4.88 Å². The van der Waals surface area contributed by atoms with E-state index < -0.39 is 17.9 Å². The van der Waals surface area contributed by atoms with Gasteiger partial charge in [-0.05, 0) is 30.5 Å². The summed E-state index contributed by atoms with van der Waals surface area (Å²) >= 11 is 2.55. The molecule has 30 heavy (non-hydrogen) atoms. The van der Waals surface area contributed by atoms with E-state index in [0.717, 1.165) is 27.5 Å². The molecule has 1 aromatic carbocycles. The van der Waals surface area contributed by atoms with Crippen LogP contribution in [0.5, 0.6) is 0 Å². The lowest BCUT2D eigenvalue weighted by atomic mass is 9.97. The van der Waals surface area contributed by atoms with Gasteiger partial charge in [0.05, 0.1) is 25.3 Å². The van der Waals surface area contributed by atoms with Crippen molar-refractivity contribution < 1.29 is 19.1 Å². The van der Waals surface area contributed by atoms with Crippen molar-refractivity contribution in [3.63, 3.8) is 0 Å². The van der Waals surface area contributed by atoms with Crippen molar-refractivity contribution in [1.29, 1.82) is 0 Å². The molecule has 7 nitrogen and oxygen atoms in total. The van der Waals surface area contributed by atoms with Gasteiger partial charge in [-0.1, -0.05) is 35.1 Å². The van der Waals surface area contributed by atoms with Crippen LogP contribution >= 0.6 is 22.7 Å². The fourth-order valence-corrected chi connectivity index (χ4v) is 5.11. The van der Waals surface area contributed by atoms with E-state index in [0.29, 0.717) is 10.0 Å². The number of anilines is 2. The maximum atomic E-state index is 13.1. The van der Waals surface area contributed by atoms with Gasteiger partial charge in [-0.25, -0.2) is 9.78 Å². The molecule has 1 aliphatic heterocycles. The van der Waals surface area contributed by atoms with Crippen LogP contribution in [0.2, 0.25) is 0 Å². The third-order valence-corrected chi connectivity index (χ3v) is 6.76. The summed E-state index contributed by atoms with van der Waals surface area (Å²) in [6, 6.07) is 11.1. The van der Waals surface area contributed by atoms with Crippen LogP contribution in [0.4, 0.5) is 10.8 Å². The zero-order valence-electron chi connectivity index (χ0n) is 16.3. The minimum atomic E-state index is -0.581. The molecule has 4 rings (SSSR count). The number of nitrogens with zero attached hydrogens (tertiary/aromatic N) is 2. The number of nitrogens with one attached hydrogen (secondary N) is 1. The number of benzene rings is 1. The number of hydrogen-bond acceptors (Lipinski definition) is 7. The van der Waals surface area contributed by atoms with Gasteiger partial charge < -0.3 is 15.0 Å². The van der Waals surface area contributed by atoms with E-state index in [1.165, 1.54) is 24.6 Å². The Morgan fingerprint density at radius 3 is 2.67 bits per heavy atom. The molecule has 0 radical (unpaired) electrons. The fourth-order valence-electron chi connectivity index (χ4n) is 3.49. The summed E-state index contributed by atoms with van der Waals surface area (Å²) in [7, 11) is 1.29. The zero-order valence-corrected chi connectivity index (χ0v) is 18.0. The van der Waals surface area contributed by atoms with Crippen LogP contribution in [0.1, 0.15) is 32.6 Å². The highest BCUT2D eigenvalue weighted by Gasteiger charge is 2.46. The van der Waals surface area contributed by atoms with Crippen molar-refractivity contribution in [2.24, 2.45) is 5.92 Å². The maximum Gasteiger partial charge on any atom is 0.349 e. The predicted octanol–water partition coefficient (Wildman–Crippen LogP) is 4.03. The van der Waals surface area contributed by atoms with Crippen molar-refractivity contribution in [2.45, 2.75) is 19.4 Å². The van der Waals surface area contributed by atoms with Crippen LogP contribution in [0.25, 0.3) is 0 Å². The van der Waals surface area contributed by atoms with E-state index in [4.69, 9.17) is 0 Å². The Balaban J connectivity index is 1.62. The molecular weight excluding hydrogens is 422 g/mol. The van der Waals surface area contributed by atoms with Gasteiger partial charge >= 0.3 is 5.97 Å². The summed E-state index contributed by atoms with van der Waals surface area (Å²) in [5.74, 6) is -1.50. The number of hydrogen-bond donors (Lipinski definition) is 1. The number of carbonyl (C=O) groups is 3. The molecule has 2 aromatic heterocycles. The molecule has 1 aliphatic rings. The molecule has 1 N–H and O–H groups in total. The number of carbonyl (C=O) groups excluding carboxylic acids is 3. The number of ether oxygens (including phenoxy) is 1. The Bertz CT molecular complexity index is 1080. The van der Waals surface area contributed by atoms with Crippen molar-refractivity contribution in [1.82, 2.24) is 4.98 Å². The van der Waals surface area contributed by atoms with Crippen molar-refractivity contribution in [3.8, 4) is 0 Å². The highest BCUT2D eigenvalue weighted by molar-refractivity contribution is 7.17. The second kappa shape index (κ2) is 8.37. The van der Waals surface area contributed by atoms with E-state index in [1.54, 1.807) is 4.90 Å². The molecule has 0 aliphatic carbocycles. The van der Waals surface area contributed by atoms with Crippen LogP contribution in [0, 0.1) is 12.8 Å². The molecule has 9 heteroatoms. The third-order valence-electron chi connectivity index (χ3n) is 4.93. The van der Waals surface area contributed by atoms with Crippen LogP contribution < -0.4 is 10.2 Å². The molecule has 1 saturated heterocycles. The average Bonchev–Trinajstić information content (AvgIpc) is 3.48. The topological polar surface area (TPSA) is 88.6 Å². The molecule has 0 unspecified atom stereocenters. The van der Waals surface area contributed by atoms with E-state index >= 15 is 0 Å². The summed E-state index contributed by atoms with van der Waals surface area (Å²) in [6.45, 7) is 1.99. The Kier molecular flexibility index (Phi) is 5.65. The second-order valence-electron chi connectivity index (χ2n) is 6.88. The van der Waals surface area contributed by atoms with Crippen LogP contribution in [-0.2, 0) is 14.3 Å². The van der Waals surface area contributed by atoms with Crippen LogP contribution in [-0.4, -0.2) is 29.9 Å². The molecule has 0 spiro atoms. The molecule has 0 saturated carbocycles. The molecule has 2 amide bonds. The number of esters is 1. The monoisotopic (exact) mass is 441 g/mol. The number of rotatable bonds is 5. The van der Waals surface area contributed by atoms with Crippen molar-refractivity contribution in [3.05, 3.63) is 63.3 Å². The highest BCUT2D eigenvalue weighted by Crippen LogP contribution is 2.43. The van der Waals surface area contributed by atoms with Crippen molar-refractivity contribution >= 4 is 51.3 Å². The molecule has 2 atom stereocenters. The number of thiophene rings is 1. The van der Waals surface area contributed by atoms with E-state index in [-0.39, 0.29) is 18.2 Å². The Labute approximate surface area is 181 Å². The highest BCUT2D eigenvalue weighted by atomic mass is 32.1. The molecule has 0 bridgehead atoms. The van der Waals surface area contributed by atoms with Gasteiger partial charge in [-0.15, -0.1) is 11.3 Å². The number of thiazole rings is 1. The number of methoxy groups -OCH3 is 1. The first-order valence-electron chi connectivity index (χ1n) is 9.25. The van der Waals surface area contributed by atoms with E-state index in [1.807, 2.05) is 48.7 Å². The Morgan fingerprint density at radius 1 is 1.23 bits per heavy atom. The summed E-state index contributed by atoms with van der Waals surface area (Å²) < 4.78 is 4.67. The first kappa shape index (κ1) is 20.2. The largest absolute Gasteiger partial charge is 0.465 e. The third kappa shape index (κ3) is 3.86. The fraction of sp³-hybridized carbons (Fsp3) is 0.238. The van der Waals surface area contributed by atoms with E-state index in [2.05, 4.69) is 15.0 Å². The lowest BCUT2D eigenvalue weighted by Crippen LogP contribution is -2.31. The summed E-state index contributed by atoms with van der Waals surface area (Å²) in [4.78, 5) is 44.7. The molecule has 1 fully saturated rings. The quantitative estimate of drug-likeness (QED) is 0.604. The van der Waals surface area contributed by atoms with Gasteiger partial charge in [0.15, 0.2) is 5.13 Å². The lowest BCUT2D eigenvalue weighted by Gasteiger charge is -2.27. The van der Waals surface area contributed by atoms with Gasteiger partial charge in [0.2, 0.25) is 11.8 Å². The van der Waals surface area contributed by atoms with Gasteiger partial charge in [-0.3, -0.25) is 9.59 Å². The average molecular weight is 442 g/mol. The molecule has 3 aromatic rings. The SMILES string of the molecule is COC(=O)c1cnc(NC(=O)[C@@H]2CC(=O)N(c3ccc(C)cc3)[C@@H]2c2cccs2)s1. The number of amides is 2. The summed E-state index contributed by atoms with van der Waals surface area (Å²) in [5, 5.41) is 5.00. The Morgan fingerprint density at radius 2 is 2.00 bits per heavy atom. The minimum Gasteiger partial charge on any atom is -0.465 e. The summed E-state index contributed by atoms with van der Waals surface area (Å²) in [6.07, 6.45) is 1.46. The van der Waals surface area contributed by atoms with Crippen LogP contribution in [0.15, 0.2) is 48.0 Å². The predicted molar refractivity (Wildman–Crippen MR) is 116 cm³/mol. The molecule has 3 heterocycles. The maximum absolute atomic E-state index is 13.1. The first-order chi connectivity index (χ1) is 14.5. The zero-order chi connectivity index (χ0) is 21.3. The normalized spacial score (nSPS) is 18.5. The molecule has 154 valence electrons. The summed E-state index contributed by atoms with van der Waals surface area (Å²) in [5.41, 5.74) is 1.86. The molecular formula is C21H19N3O4S2. The van der Waals surface area contributed by atoms with Gasteiger partial charge in [0, 0.05) is 17.0 Å². The smallest absolute Gasteiger partial charge is 0.349 e. The number of aromatic nitrogens is 1. The standard InChI is InChI=1S/C21H19N3O4S2/c1-12-5-7-13(8-6-12)24-17(25)10-14(18(24)15-4-3-9-29-15)19(26)23-21-22-11-16(30-21)20(27)28-2/h3-9,11,14,18H,10H2,1-2H3,(H,22,23,26)/t14-,18+/m1/s1. The number of aryl methyl sites for hydroxylation is 1. The van der Waals surface area contributed by atoms with E-state index in [9.17, 15) is 14.4 Å².